The minimum absolute atomic E-state index is 0.0648. The van der Waals surface area contributed by atoms with Crippen LogP contribution in [0.1, 0.15) is 24.5 Å². The number of imidazole rings is 1. The number of benzene rings is 2. The molecule has 2 N–H and O–H groups in total. The summed E-state index contributed by atoms with van der Waals surface area (Å²) in [5.41, 5.74) is 7.29. The maximum absolute atomic E-state index is 11.7. The molecule has 1 aliphatic heterocycles. The van der Waals surface area contributed by atoms with Gasteiger partial charge in [-0.15, -0.1) is 0 Å². The van der Waals surface area contributed by atoms with Gasteiger partial charge >= 0.3 is 0 Å². The molecule has 24 heavy (non-hydrogen) atoms. The van der Waals surface area contributed by atoms with E-state index in [0.29, 0.717) is 6.42 Å². The van der Waals surface area contributed by atoms with Crippen molar-refractivity contribution >= 4 is 23.2 Å². The van der Waals surface area contributed by atoms with Crippen molar-refractivity contribution in [3.05, 3.63) is 53.6 Å². The van der Waals surface area contributed by atoms with Crippen molar-refractivity contribution in [3.63, 3.8) is 0 Å². The third-order valence-corrected chi connectivity index (χ3v) is 4.53. The molecular weight excluding hydrogens is 300 g/mol. The van der Waals surface area contributed by atoms with Gasteiger partial charge in [-0.05, 0) is 31.5 Å². The zero-order valence-corrected chi connectivity index (χ0v) is 13.6. The molecule has 4 rings (SSSR count). The largest absolute Gasteiger partial charge is 0.338 e. The Balaban J connectivity index is 1.76. The van der Waals surface area contributed by atoms with Gasteiger partial charge < -0.3 is 4.98 Å². The number of hydrogen-bond acceptors (Lipinski definition) is 3. The molecule has 0 radical (unpaired) electrons. The van der Waals surface area contributed by atoms with Crippen LogP contribution in [0.3, 0.4) is 0 Å². The third-order valence-electron chi connectivity index (χ3n) is 4.53. The smallest absolute Gasteiger partial charge is 0.241 e. The Bertz CT molecular complexity index is 955. The van der Waals surface area contributed by atoms with Gasteiger partial charge in [-0.25, -0.2) is 10.4 Å². The minimum Gasteiger partial charge on any atom is -0.338 e. The second-order valence-electron chi connectivity index (χ2n) is 6.57. The number of fused-ring (bicyclic) bond motifs is 1. The lowest BCUT2D eigenvalue weighted by Crippen LogP contribution is -2.37. The molecule has 2 heterocycles. The SMILES string of the molecule is Cc1ccc(-c2nc3ccc(C4(C)C=NNC(=O)C4)cc3[nH]2)cc1. The first kappa shape index (κ1) is 14.6. The lowest BCUT2D eigenvalue weighted by molar-refractivity contribution is -0.122. The summed E-state index contributed by atoms with van der Waals surface area (Å²) in [5.74, 6) is 0.785. The molecule has 120 valence electrons. The maximum Gasteiger partial charge on any atom is 0.241 e. The number of carbonyl (C=O) groups excluding carboxylic acids is 1. The van der Waals surface area contributed by atoms with Crippen LogP contribution >= 0.6 is 0 Å². The number of hydrazone groups is 1. The normalized spacial score (nSPS) is 20.3. The van der Waals surface area contributed by atoms with Crippen molar-refractivity contribution < 1.29 is 4.79 Å². The van der Waals surface area contributed by atoms with Gasteiger partial charge in [-0.2, -0.15) is 5.10 Å². The number of aromatic nitrogens is 2. The Hall–Kier alpha value is -2.95. The van der Waals surface area contributed by atoms with E-state index in [-0.39, 0.29) is 5.91 Å². The molecule has 1 amide bonds. The van der Waals surface area contributed by atoms with E-state index < -0.39 is 5.41 Å². The lowest BCUT2D eigenvalue weighted by atomic mass is 9.79. The van der Waals surface area contributed by atoms with E-state index in [4.69, 9.17) is 0 Å². The van der Waals surface area contributed by atoms with Crippen LogP contribution in [-0.2, 0) is 10.2 Å². The number of nitrogens with one attached hydrogen (secondary N) is 2. The average molecular weight is 318 g/mol. The number of carbonyl (C=O) groups is 1. The van der Waals surface area contributed by atoms with Gasteiger partial charge in [0.05, 0.1) is 11.0 Å². The van der Waals surface area contributed by atoms with Crippen molar-refractivity contribution in [1.82, 2.24) is 15.4 Å². The van der Waals surface area contributed by atoms with Crippen LogP contribution in [0.15, 0.2) is 47.6 Å². The van der Waals surface area contributed by atoms with Crippen LogP contribution in [0.5, 0.6) is 0 Å². The number of amides is 1. The molecule has 1 unspecified atom stereocenters. The van der Waals surface area contributed by atoms with E-state index in [2.05, 4.69) is 57.8 Å². The summed E-state index contributed by atoms with van der Waals surface area (Å²) in [4.78, 5) is 19.7. The lowest BCUT2D eigenvalue weighted by Gasteiger charge is -2.27. The molecule has 0 saturated heterocycles. The summed E-state index contributed by atoms with van der Waals surface area (Å²) in [6.45, 7) is 4.09. The minimum atomic E-state index is -0.397. The summed E-state index contributed by atoms with van der Waals surface area (Å²) >= 11 is 0. The predicted octanol–water partition coefficient (Wildman–Crippen LogP) is 3.30. The number of H-pyrrole nitrogens is 1. The Morgan fingerprint density at radius 2 is 1.92 bits per heavy atom. The van der Waals surface area contributed by atoms with Gasteiger partial charge in [0.15, 0.2) is 0 Å². The van der Waals surface area contributed by atoms with Gasteiger partial charge in [0.1, 0.15) is 5.82 Å². The topological polar surface area (TPSA) is 70.1 Å². The molecule has 5 heteroatoms. The third kappa shape index (κ3) is 2.48. The summed E-state index contributed by atoms with van der Waals surface area (Å²) in [6, 6.07) is 14.3. The first-order valence-electron chi connectivity index (χ1n) is 7.94. The van der Waals surface area contributed by atoms with Crippen LogP contribution in [-0.4, -0.2) is 22.1 Å². The molecular formula is C19H18N4O. The highest BCUT2D eigenvalue weighted by Gasteiger charge is 2.31. The fourth-order valence-corrected chi connectivity index (χ4v) is 3.06. The number of nitrogens with zero attached hydrogens (tertiary/aromatic N) is 2. The molecule has 1 aromatic heterocycles. The van der Waals surface area contributed by atoms with Crippen LogP contribution in [0.2, 0.25) is 0 Å². The fraction of sp³-hybridized carbons (Fsp3) is 0.211. The Morgan fingerprint density at radius 1 is 1.12 bits per heavy atom. The van der Waals surface area contributed by atoms with Gasteiger partial charge in [0.2, 0.25) is 5.91 Å². The van der Waals surface area contributed by atoms with Crippen molar-refractivity contribution in [2.75, 3.05) is 0 Å². The van der Waals surface area contributed by atoms with Gasteiger partial charge in [-0.1, -0.05) is 35.9 Å². The van der Waals surface area contributed by atoms with E-state index in [1.807, 2.05) is 19.1 Å². The van der Waals surface area contributed by atoms with Crippen molar-refractivity contribution in [3.8, 4) is 11.4 Å². The summed E-state index contributed by atoms with van der Waals surface area (Å²) in [5, 5.41) is 3.98. The summed E-state index contributed by atoms with van der Waals surface area (Å²) in [6.07, 6.45) is 2.19. The number of aromatic amines is 1. The highest BCUT2D eigenvalue weighted by Crippen LogP contribution is 2.30. The Kier molecular flexibility index (Phi) is 3.23. The zero-order valence-electron chi connectivity index (χ0n) is 13.6. The van der Waals surface area contributed by atoms with E-state index in [9.17, 15) is 4.79 Å². The predicted molar refractivity (Wildman–Crippen MR) is 94.9 cm³/mol. The first-order valence-corrected chi connectivity index (χ1v) is 7.94. The number of rotatable bonds is 2. The first-order chi connectivity index (χ1) is 11.5. The van der Waals surface area contributed by atoms with Gasteiger partial charge in [0.25, 0.3) is 0 Å². The van der Waals surface area contributed by atoms with Gasteiger partial charge in [0, 0.05) is 23.6 Å². The molecule has 3 aromatic rings. The van der Waals surface area contributed by atoms with E-state index in [1.54, 1.807) is 6.21 Å². The summed E-state index contributed by atoms with van der Waals surface area (Å²) < 4.78 is 0. The van der Waals surface area contributed by atoms with Gasteiger partial charge in [-0.3, -0.25) is 4.79 Å². The maximum atomic E-state index is 11.7. The van der Waals surface area contributed by atoms with Crippen LogP contribution in [0.4, 0.5) is 0 Å². The van der Waals surface area contributed by atoms with Crippen molar-refractivity contribution in [2.45, 2.75) is 25.7 Å². The molecule has 0 fully saturated rings. The van der Waals surface area contributed by atoms with Crippen LogP contribution in [0, 0.1) is 6.92 Å². The fourth-order valence-electron chi connectivity index (χ4n) is 3.06. The second-order valence-corrected chi connectivity index (χ2v) is 6.57. The summed E-state index contributed by atoms with van der Waals surface area (Å²) in [7, 11) is 0. The second kappa shape index (κ2) is 5.30. The molecule has 2 aromatic carbocycles. The van der Waals surface area contributed by atoms with Crippen molar-refractivity contribution in [2.24, 2.45) is 5.10 Å². The molecule has 1 aliphatic rings. The molecule has 0 aliphatic carbocycles. The Labute approximate surface area is 139 Å². The molecule has 0 saturated carbocycles. The standard InChI is InChI=1S/C19H18N4O/c1-12-3-5-13(6-4-12)18-21-15-8-7-14(9-16(15)22-18)19(2)10-17(24)23-20-11-19/h3-9,11H,10H2,1-2H3,(H,21,22)(H,23,24). The van der Waals surface area contributed by atoms with E-state index in [1.165, 1.54) is 5.56 Å². The quantitative estimate of drug-likeness (QED) is 0.761. The highest BCUT2D eigenvalue weighted by molar-refractivity contribution is 5.90. The van der Waals surface area contributed by atoms with E-state index in [0.717, 1.165) is 28.0 Å². The van der Waals surface area contributed by atoms with Crippen LogP contribution in [0.25, 0.3) is 22.4 Å². The van der Waals surface area contributed by atoms with Crippen LogP contribution < -0.4 is 5.43 Å². The Morgan fingerprint density at radius 3 is 2.67 bits per heavy atom. The monoisotopic (exact) mass is 318 g/mol. The molecule has 5 nitrogen and oxygen atoms in total. The van der Waals surface area contributed by atoms with E-state index >= 15 is 0 Å². The average Bonchev–Trinajstić information content (AvgIpc) is 2.98. The number of aryl methyl sites for hydroxylation is 1. The van der Waals surface area contributed by atoms with Crippen molar-refractivity contribution in [1.29, 1.82) is 0 Å². The zero-order chi connectivity index (χ0) is 16.7. The molecule has 0 spiro atoms. The highest BCUT2D eigenvalue weighted by atomic mass is 16.2. The molecule has 1 atom stereocenters. The number of hydrogen-bond donors (Lipinski definition) is 2. The molecule has 0 bridgehead atoms.